The Morgan fingerprint density at radius 2 is 1.85 bits per heavy atom. The SMILES string of the molecule is COC(=O)C1C(=O)c2ccccc2S(=O)(=O)N1c1ccc(OC)cc1Cl. The Bertz CT molecular complexity index is 1000. The van der Waals surface area contributed by atoms with Gasteiger partial charge in [-0.3, -0.25) is 4.79 Å². The van der Waals surface area contributed by atoms with Gasteiger partial charge in [-0.05, 0) is 24.3 Å². The first-order valence-corrected chi connectivity index (χ1v) is 9.23. The van der Waals surface area contributed by atoms with E-state index in [0.717, 1.165) is 7.11 Å². The van der Waals surface area contributed by atoms with Crippen LogP contribution in [0, 0.1) is 0 Å². The number of fused-ring (bicyclic) bond motifs is 1. The molecule has 0 saturated carbocycles. The maximum Gasteiger partial charge on any atom is 0.337 e. The summed E-state index contributed by atoms with van der Waals surface area (Å²) in [6, 6.07) is 8.23. The van der Waals surface area contributed by atoms with Crippen molar-refractivity contribution in [1.29, 1.82) is 0 Å². The zero-order valence-electron chi connectivity index (χ0n) is 13.8. The minimum absolute atomic E-state index is 0.00834. The van der Waals surface area contributed by atoms with Gasteiger partial charge in [0.15, 0.2) is 5.78 Å². The molecule has 1 atom stereocenters. The molecule has 3 rings (SSSR count). The molecule has 0 aromatic heterocycles. The highest BCUT2D eigenvalue weighted by atomic mass is 35.5. The summed E-state index contributed by atoms with van der Waals surface area (Å²) < 4.78 is 36.7. The van der Waals surface area contributed by atoms with Crippen molar-refractivity contribution < 1.29 is 27.5 Å². The van der Waals surface area contributed by atoms with Crippen LogP contribution in [0.3, 0.4) is 0 Å². The van der Waals surface area contributed by atoms with Gasteiger partial charge in [0.25, 0.3) is 10.0 Å². The van der Waals surface area contributed by atoms with Crippen molar-refractivity contribution in [3.8, 4) is 5.75 Å². The van der Waals surface area contributed by atoms with Crippen LogP contribution < -0.4 is 9.04 Å². The summed E-state index contributed by atoms with van der Waals surface area (Å²) in [5, 5.41) is 0.00834. The first-order valence-electron chi connectivity index (χ1n) is 7.42. The normalized spacial score (nSPS) is 18.2. The number of methoxy groups -OCH3 is 2. The van der Waals surface area contributed by atoms with Gasteiger partial charge in [-0.2, -0.15) is 0 Å². The molecule has 0 radical (unpaired) electrons. The molecule has 1 unspecified atom stereocenters. The lowest BCUT2D eigenvalue weighted by atomic mass is 10.0. The quantitative estimate of drug-likeness (QED) is 0.585. The van der Waals surface area contributed by atoms with Crippen molar-refractivity contribution in [2.45, 2.75) is 10.9 Å². The van der Waals surface area contributed by atoms with Crippen LogP contribution in [-0.2, 0) is 19.6 Å². The number of carbonyl (C=O) groups excluding carboxylic acids is 2. The van der Waals surface area contributed by atoms with Gasteiger partial charge < -0.3 is 9.47 Å². The van der Waals surface area contributed by atoms with E-state index < -0.39 is 27.8 Å². The fraction of sp³-hybridized carbons (Fsp3) is 0.176. The number of nitrogens with zero attached hydrogens (tertiary/aromatic N) is 1. The van der Waals surface area contributed by atoms with Crippen LogP contribution in [0.15, 0.2) is 47.4 Å². The van der Waals surface area contributed by atoms with Crippen LogP contribution in [0.25, 0.3) is 0 Å². The number of carbonyl (C=O) groups is 2. The Balaban J connectivity index is 2.30. The number of hydrogen-bond donors (Lipinski definition) is 0. The molecule has 0 spiro atoms. The van der Waals surface area contributed by atoms with Crippen molar-refractivity contribution >= 4 is 39.1 Å². The second kappa shape index (κ2) is 6.62. The van der Waals surface area contributed by atoms with E-state index in [9.17, 15) is 18.0 Å². The Morgan fingerprint density at radius 1 is 1.15 bits per heavy atom. The molecule has 1 aliphatic heterocycles. The lowest BCUT2D eigenvalue weighted by Gasteiger charge is -2.35. The predicted molar refractivity (Wildman–Crippen MR) is 94.2 cm³/mol. The van der Waals surface area contributed by atoms with Crippen molar-refractivity contribution in [3.63, 3.8) is 0 Å². The summed E-state index contributed by atoms with van der Waals surface area (Å²) in [6.07, 6.45) is 0. The minimum Gasteiger partial charge on any atom is -0.497 e. The number of ketones is 1. The molecule has 136 valence electrons. The van der Waals surface area contributed by atoms with Crippen LogP contribution >= 0.6 is 11.6 Å². The molecule has 0 fully saturated rings. The molecule has 2 aromatic rings. The van der Waals surface area contributed by atoms with Crippen LogP contribution in [0.1, 0.15) is 10.4 Å². The molecule has 26 heavy (non-hydrogen) atoms. The predicted octanol–water partition coefficient (Wildman–Crippen LogP) is 2.28. The third kappa shape index (κ3) is 2.71. The second-order valence-electron chi connectivity index (χ2n) is 5.40. The first kappa shape index (κ1) is 18.2. The molecule has 0 N–H and O–H groups in total. The van der Waals surface area contributed by atoms with Crippen molar-refractivity contribution in [2.24, 2.45) is 0 Å². The van der Waals surface area contributed by atoms with Crippen molar-refractivity contribution in [3.05, 3.63) is 53.1 Å². The molecular weight excluding hydrogens is 382 g/mol. The van der Waals surface area contributed by atoms with Crippen LogP contribution in [-0.4, -0.2) is 40.4 Å². The Kier molecular flexibility index (Phi) is 4.64. The fourth-order valence-electron chi connectivity index (χ4n) is 2.77. The van der Waals surface area contributed by atoms with Gasteiger partial charge >= 0.3 is 5.97 Å². The van der Waals surface area contributed by atoms with Gasteiger partial charge in [-0.15, -0.1) is 0 Å². The summed E-state index contributed by atoms with van der Waals surface area (Å²) >= 11 is 6.21. The third-order valence-electron chi connectivity index (χ3n) is 3.99. The Labute approximate surface area is 155 Å². The molecule has 0 aliphatic carbocycles. The number of esters is 1. The van der Waals surface area contributed by atoms with E-state index in [4.69, 9.17) is 16.3 Å². The number of sulfonamides is 1. The van der Waals surface area contributed by atoms with Gasteiger partial charge in [-0.25, -0.2) is 17.5 Å². The number of hydrogen-bond acceptors (Lipinski definition) is 6. The zero-order chi connectivity index (χ0) is 19.1. The van der Waals surface area contributed by atoms with Crippen LogP contribution in [0.5, 0.6) is 5.75 Å². The summed E-state index contributed by atoms with van der Waals surface area (Å²) in [7, 11) is -1.72. The minimum atomic E-state index is -4.23. The van der Waals surface area contributed by atoms with Gasteiger partial charge in [0.1, 0.15) is 5.75 Å². The van der Waals surface area contributed by atoms with E-state index >= 15 is 0 Å². The maximum atomic E-state index is 13.2. The average Bonchev–Trinajstić information content (AvgIpc) is 2.64. The number of rotatable bonds is 3. The van der Waals surface area contributed by atoms with Gasteiger partial charge in [0.2, 0.25) is 6.04 Å². The van der Waals surface area contributed by atoms with E-state index in [-0.39, 0.29) is 21.2 Å². The van der Waals surface area contributed by atoms with Crippen molar-refractivity contribution in [2.75, 3.05) is 18.5 Å². The zero-order valence-corrected chi connectivity index (χ0v) is 15.4. The number of benzene rings is 2. The van der Waals surface area contributed by atoms with Crippen LogP contribution in [0.4, 0.5) is 5.69 Å². The van der Waals surface area contributed by atoms with E-state index in [2.05, 4.69) is 4.74 Å². The largest absolute Gasteiger partial charge is 0.497 e. The molecule has 1 aliphatic rings. The number of ether oxygens (including phenoxy) is 2. The molecule has 1 heterocycles. The topological polar surface area (TPSA) is 90.0 Å². The van der Waals surface area contributed by atoms with Gasteiger partial charge in [-0.1, -0.05) is 23.7 Å². The number of halogens is 1. The van der Waals surface area contributed by atoms with E-state index in [1.54, 1.807) is 0 Å². The standard InChI is InChI=1S/C17H14ClNO6S/c1-24-10-7-8-13(12(18)9-10)19-15(17(21)25-2)16(20)11-5-3-4-6-14(11)26(19,22)23/h3-9,15H,1-2H3. The van der Waals surface area contributed by atoms with Crippen LogP contribution in [0.2, 0.25) is 5.02 Å². The third-order valence-corrected chi connectivity index (χ3v) is 6.13. The Morgan fingerprint density at radius 3 is 2.46 bits per heavy atom. The smallest absolute Gasteiger partial charge is 0.337 e. The Hall–Kier alpha value is -2.58. The van der Waals surface area contributed by atoms with Gasteiger partial charge in [0.05, 0.1) is 29.8 Å². The highest BCUT2D eigenvalue weighted by Crippen LogP contribution is 2.39. The lowest BCUT2D eigenvalue weighted by molar-refractivity contribution is -0.140. The fourth-order valence-corrected chi connectivity index (χ4v) is 4.87. The summed E-state index contributed by atoms with van der Waals surface area (Å²) in [5.74, 6) is -1.29. The molecule has 9 heteroatoms. The highest BCUT2D eigenvalue weighted by Gasteiger charge is 2.48. The summed E-state index contributed by atoms with van der Waals surface area (Å²) in [4.78, 5) is 24.9. The van der Waals surface area contributed by atoms with E-state index in [1.807, 2.05) is 0 Å². The summed E-state index contributed by atoms with van der Waals surface area (Å²) in [5.41, 5.74) is -0.0884. The highest BCUT2D eigenvalue weighted by molar-refractivity contribution is 7.93. The molecular formula is C17H14ClNO6S. The molecule has 0 saturated heterocycles. The van der Waals surface area contributed by atoms with Gasteiger partial charge in [0, 0.05) is 11.6 Å². The molecule has 2 aromatic carbocycles. The van der Waals surface area contributed by atoms with Crippen molar-refractivity contribution in [1.82, 2.24) is 0 Å². The summed E-state index contributed by atoms with van der Waals surface area (Å²) in [6.45, 7) is 0. The number of Topliss-reactive ketones (excluding diaryl/α,β-unsaturated/α-hetero) is 1. The second-order valence-corrected chi connectivity index (χ2v) is 7.59. The monoisotopic (exact) mass is 395 g/mol. The van der Waals surface area contributed by atoms with E-state index in [0.29, 0.717) is 10.1 Å². The van der Waals surface area contributed by atoms with E-state index in [1.165, 1.54) is 49.6 Å². The molecule has 0 amide bonds. The number of anilines is 1. The lowest BCUT2D eigenvalue weighted by Crippen LogP contribution is -2.54. The first-order chi connectivity index (χ1) is 12.3. The molecule has 7 nitrogen and oxygen atoms in total. The maximum absolute atomic E-state index is 13.2. The average molecular weight is 396 g/mol. The molecule has 0 bridgehead atoms.